The molecule has 0 aliphatic heterocycles. The minimum Gasteiger partial charge on any atom is -0.207 e. The van der Waals surface area contributed by atoms with Crippen molar-refractivity contribution in [2.24, 2.45) is 0 Å². The molecule has 1 aromatic carbocycles. The standard InChI is InChI=1S/C8H8ClF.2C2H6/c1-5-3-7(9)6(2)8(10)4-5;2*1-2/h3-4H,1-2H3;2*1-2H3. The van der Waals surface area contributed by atoms with E-state index in [9.17, 15) is 4.39 Å². The van der Waals surface area contributed by atoms with Crippen LogP contribution in [0.1, 0.15) is 38.8 Å². The molecule has 0 unspecified atom stereocenters. The highest BCUT2D eigenvalue weighted by atomic mass is 35.5. The lowest BCUT2D eigenvalue weighted by Gasteiger charge is -1.99. The van der Waals surface area contributed by atoms with Crippen LogP contribution in [0.3, 0.4) is 0 Å². The molecule has 0 spiro atoms. The van der Waals surface area contributed by atoms with Crippen molar-refractivity contribution in [3.63, 3.8) is 0 Å². The fourth-order valence-electron chi connectivity index (χ4n) is 0.772. The topological polar surface area (TPSA) is 0 Å². The Balaban J connectivity index is 0. The van der Waals surface area contributed by atoms with Gasteiger partial charge in [0.15, 0.2) is 0 Å². The van der Waals surface area contributed by atoms with Gasteiger partial charge in [0.05, 0.1) is 0 Å². The molecule has 14 heavy (non-hydrogen) atoms. The van der Waals surface area contributed by atoms with Crippen molar-refractivity contribution in [3.8, 4) is 0 Å². The smallest absolute Gasteiger partial charge is 0.127 e. The van der Waals surface area contributed by atoms with Crippen LogP contribution in [-0.4, -0.2) is 0 Å². The van der Waals surface area contributed by atoms with E-state index in [1.165, 1.54) is 6.07 Å². The maximum Gasteiger partial charge on any atom is 0.127 e. The third-order valence-electron chi connectivity index (χ3n) is 1.43. The molecule has 0 radical (unpaired) electrons. The first kappa shape index (κ1) is 15.9. The van der Waals surface area contributed by atoms with Crippen molar-refractivity contribution in [2.75, 3.05) is 0 Å². The SMILES string of the molecule is CC.CC.Cc1cc(F)c(C)c(Cl)c1. The van der Waals surface area contributed by atoms with Gasteiger partial charge in [0.2, 0.25) is 0 Å². The van der Waals surface area contributed by atoms with Crippen molar-refractivity contribution < 1.29 is 4.39 Å². The summed E-state index contributed by atoms with van der Waals surface area (Å²) in [5, 5.41) is 0.498. The second-order valence-electron chi connectivity index (χ2n) is 2.35. The van der Waals surface area contributed by atoms with Crippen LogP contribution in [0.4, 0.5) is 4.39 Å². The molecule has 82 valence electrons. The molecule has 0 atom stereocenters. The zero-order chi connectivity index (χ0) is 11.7. The van der Waals surface area contributed by atoms with E-state index in [0.29, 0.717) is 10.6 Å². The third-order valence-corrected chi connectivity index (χ3v) is 1.82. The van der Waals surface area contributed by atoms with Crippen molar-refractivity contribution in [2.45, 2.75) is 41.5 Å². The van der Waals surface area contributed by atoms with Crippen LogP contribution >= 0.6 is 11.6 Å². The molecule has 2 heteroatoms. The summed E-state index contributed by atoms with van der Waals surface area (Å²) in [6, 6.07) is 3.22. The number of hydrogen-bond donors (Lipinski definition) is 0. The van der Waals surface area contributed by atoms with Crippen LogP contribution in [-0.2, 0) is 0 Å². The molecule has 0 amide bonds. The van der Waals surface area contributed by atoms with E-state index in [1.54, 1.807) is 13.0 Å². The first-order chi connectivity index (χ1) is 6.61. The van der Waals surface area contributed by atoms with Crippen LogP contribution < -0.4 is 0 Å². The third kappa shape index (κ3) is 5.23. The van der Waals surface area contributed by atoms with E-state index in [0.717, 1.165) is 5.56 Å². The first-order valence-electron chi connectivity index (χ1n) is 5.03. The molecule has 0 saturated carbocycles. The van der Waals surface area contributed by atoms with Crippen molar-refractivity contribution in [1.29, 1.82) is 0 Å². The molecule has 1 rings (SSSR count). The van der Waals surface area contributed by atoms with Gasteiger partial charge in [-0.3, -0.25) is 0 Å². The van der Waals surface area contributed by atoms with E-state index in [4.69, 9.17) is 11.6 Å². The minimum atomic E-state index is -0.231. The van der Waals surface area contributed by atoms with Crippen LogP contribution in [0.2, 0.25) is 5.02 Å². The Morgan fingerprint density at radius 3 is 1.79 bits per heavy atom. The summed E-state index contributed by atoms with van der Waals surface area (Å²) in [5.41, 5.74) is 1.38. The highest BCUT2D eigenvalue weighted by Gasteiger charge is 2.01. The van der Waals surface area contributed by atoms with Gasteiger partial charge in [0.25, 0.3) is 0 Å². The summed E-state index contributed by atoms with van der Waals surface area (Å²) in [6.45, 7) is 11.5. The lowest BCUT2D eigenvalue weighted by atomic mass is 10.2. The maximum absolute atomic E-state index is 12.8. The second kappa shape index (κ2) is 9.01. The quantitative estimate of drug-likeness (QED) is 0.565. The monoisotopic (exact) mass is 218 g/mol. The van der Waals surface area contributed by atoms with Gasteiger partial charge in [-0.2, -0.15) is 0 Å². The van der Waals surface area contributed by atoms with E-state index in [2.05, 4.69) is 0 Å². The van der Waals surface area contributed by atoms with Gasteiger partial charge in [-0.15, -0.1) is 0 Å². The molecular weight excluding hydrogens is 199 g/mol. The molecule has 0 saturated heterocycles. The highest BCUT2D eigenvalue weighted by molar-refractivity contribution is 6.31. The minimum absolute atomic E-state index is 0.231. The van der Waals surface area contributed by atoms with E-state index in [-0.39, 0.29) is 5.82 Å². The number of hydrogen-bond acceptors (Lipinski definition) is 0. The average molecular weight is 219 g/mol. The van der Waals surface area contributed by atoms with Crippen LogP contribution in [0.5, 0.6) is 0 Å². The van der Waals surface area contributed by atoms with E-state index < -0.39 is 0 Å². The number of aryl methyl sites for hydroxylation is 1. The van der Waals surface area contributed by atoms with Gasteiger partial charge in [0.1, 0.15) is 5.82 Å². The fraction of sp³-hybridized carbons (Fsp3) is 0.500. The summed E-state index contributed by atoms with van der Waals surface area (Å²) in [5.74, 6) is -0.231. The van der Waals surface area contributed by atoms with Crippen LogP contribution in [0.25, 0.3) is 0 Å². The van der Waals surface area contributed by atoms with E-state index >= 15 is 0 Å². The summed E-state index contributed by atoms with van der Waals surface area (Å²) in [6.07, 6.45) is 0. The average Bonchev–Trinajstić information content (AvgIpc) is 2.20. The molecule has 0 aromatic heterocycles. The Kier molecular flexibility index (Phi) is 10.2. The fourth-order valence-corrected chi connectivity index (χ4v) is 1.03. The molecule has 0 nitrogen and oxygen atoms in total. The predicted molar refractivity (Wildman–Crippen MR) is 63.6 cm³/mol. The van der Waals surface area contributed by atoms with Gasteiger partial charge in [-0.25, -0.2) is 4.39 Å². The Bertz CT molecular complexity index is 233. The Morgan fingerprint density at radius 2 is 1.43 bits per heavy atom. The molecule has 0 bridgehead atoms. The lowest BCUT2D eigenvalue weighted by Crippen LogP contribution is -1.84. The predicted octanol–water partition coefficient (Wildman–Crippen LogP) is 5.15. The second-order valence-corrected chi connectivity index (χ2v) is 2.76. The molecule has 0 aliphatic rings. The van der Waals surface area contributed by atoms with Gasteiger partial charge >= 0.3 is 0 Å². The summed E-state index contributed by atoms with van der Waals surface area (Å²) < 4.78 is 12.8. The first-order valence-corrected chi connectivity index (χ1v) is 5.41. The zero-order valence-corrected chi connectivity index (χ0v) is 10.7. The van der Waals surface area contributed by atoms with Gasteiger partial charge < -0.3 is 0 Å². The van der Waals surface area contributed by atoms with Gasteiger partial charge in [-0.1, -0.05) is 39.3 Å². The number of rotatable bonds is 0. The molecule has 0 fully saturated rings. The van der Waals surface area contributed by atoms with Gasteiger partial charge in [0, 0.05) is 10.6 Å². The molecular formula is C12H20ClF. The van der Waals surface area contributed by atoms with Crippen molar-refractivity contribution >= 4 is 11.6 Å². The van der Waals surface area contributed by atoms with Crippen molar-refractivity contribution in [1.82, 2.24) is 0 Å². The Morgan fingerprint density at radius 1 is 1.00 bits per heavy atom. The van der Waals surface area contributed by atoms with Crippen molar-refractivity contribution in [3.05, 3.63) is 34.1 Å². The number of halogens is 2. The molecule has 0 aliphatic carbocycles. The summed E-state index contributed by atoms with van der Waals surface area (Å²) >= 11 is 5.68. The Hall–Kier alpha value is -0.560. The largest absolute Gasteiger partial charge is 0.207 e. The normalized spacial score (nSPS) is 8.00. The number of benzene rings is 1. The highest BCUT2D eigenvalue weighted by Crippen LogP contribution is 2.19. The molecule has 0 heterocycles. The van der Waals surface area contributed by atoms with Crippen LogP contribution in [0.15, 0.2) is 12.1 Å². The zero-order valence-electron chi connectivity index (χ0n) is 9.91. The Labute approximate surface area is 92.1 Å². The summed E-state index contributed by atoms with van der Waals surface area (Å²) in [7, 11) is 0. The summed E-state index contributed by atoms with van der Waals surface area (Å²) in [4.78, 5) is 0. The van der Waals surface area contributed by atoms with Gasteiger partial charge in [-0.05, 0) is 31.5 Å². The molecule has 1 aromatic rings. The van der Waals surface area contributed by atoms with Crippen LogP contribution in [0, 0.1) is 19.7 Å². The maximum atomic E-state index is 12.8. The lowest BCUT2D eigenvalue weighted by molar-refractivity contribution is 0.617. The molecule has 0 N–H and O–H groups in total. The van der Waals surface area contributed by atoms with E-state index in [1.807, 2.05) is 34.6 Å².